The molecule has 0 fully saturated rings. The van der Waals surface area contributed by atoms with Crippen molar-refractivity contribution in [2.75, 3.05) is 6.54 Å². The zero-order valence-electron chi connectivity index (χ0n) is 10.2. The fourth-order valence-electron chi connectivity index (χ4n) is 1.66. The average molecular weight is 285 g/mol. The highest BCUT2D eigenvalue weighted by atomic mass is 35.5. The van der Waals surface area contributed by atoms with E-state index < -0.39 is 0 Å². The van der Waals surface area contributed by atoms with Crippen LogP contribution in [0.25, 0.3) is 11.3 Å². The molecule has 2 rings (SSSR count). The molecule has 1 aromatic heterocycles. The summed E-state index contributed by atoms with van der Waals surface area (Å²) in [4.78, 5) is 0. The van der Waals surface area contributed by atoms with Crippen molar-refractivity contribution in [3.63, 3.8) is 0 Å². The first kappa shape index (κ1) is 15.1. The molecular formula is C14H16Cl2NO-. The van der Waals surface area contributed by atoms with Crippen LogP contribution in [0.5, 0.6) is 0 Å². The molecule has 1 aromatic carbocycles. The van der Waals surface area contributed by atoms with Crippen molar-refractivity contribution in [1.29, 1.82) is 0 Å². The molecule has 2 nitrogen and oxygen atoms in total. The SMILES string of the molecule is CCCNCc1ccc(-c2cccc(Cl)c2)o1.[Cl-]. The van der Waals surface area contributed by atoms with Gasteiger partial charge in [-0.1, -0.05) is 30.7 Å². The van der Waals surface area contributed by atoms with Gasteiger partial charge in [-0.25, -0.2) is 0 Å². The highest BCUT2D eigenvalue weighted by Crippen LogP contribution is 2.24. The van der Waals surface area contributed by atoms with Crippen molar-refractivity contribution < 1.29 is 16.8 Å². The third-order valence-corrected chi connectivity index (χ3v) is 2.73. The zero-order valence-corrected chi connectivity index (χ0v) is 11.8. The molecule has 1 heterocycles. The molecule has 98 valence electrons. The molecule has 4 heteroatoms. The summed E-state index contributed by atoms with van der Waals surface area (Å²) in [6.45, 7) is 3.92. The largest absolute Gasteiger partial charge is 1.00 e. The first-order valence-electron chi connectivity index (χ1n) is 5.85. The summed E-state index contributed by atoms with van der Waals surface area (Å²) in [6, 6.07) is 11.7. The second-order valence-corrected chi connectivity index (χ2v) is 4.39. The minimum atomic E-state index is 0. The van der Waals surface area contributed by atoms with E-state index >= 15 is 0 Å². The van der Waals surface area contributed by atoms with Crippen LogP contribution in [0.15, 0.2) is 40.8 Å². The Balaban J connectivity index is 0.00000162. The normalized spacial score (nSPS) is 10.1. The van der Waals surface area contributed by atoms with Gasteiger partial charge in [0.1, 0.15) is 11.5 Å². The lowest BCUT2D eigenvalue weighted by Crippen LogP contribution is -3.00. The third-order valence-electron chi connectivity index (χ3n) is 2.50. The standard InChI is InChI=1S/C14H16ClNO.ClH/c1-2-8-16-10-13-6-7-14(17-13)11-4-3-5-12(15)9-11;/h3-7,9,16H,2,8,10H2,1H3;1H/p-1. The number of benzene rings is 1. The number of furan rings is 1. The molecule has 0 aliphatic rings. The van der Waals surface area contributed by atoms with Crippen molar-refractivity contribution in [3.8, 4) is 11.3 Å². The minimum absolute atomic E-state index is 0. The van der Waals surface area contributed by atoms with E-state index in [4.69, 9.17) is 16.0 Å². The lowest BCUT2D eigenvalue weighted by molar-refractivity contribution is -0.00000399. The molecule has 0 spiro atoms. The third kappa shape index (κ3) is 4.05. The van der Waals surface area contributed by atoms with Crippen molar-refractivity contribution in [2.45, 2.75) is 19.9 Å². The maximum atomic E-state index is 5.95. The second kappa shape index (κ2) is 7.47. The molecule has 0 aliphatic heterocycles. The molecule has 0 aliphatic carbocycles. The van der Waals surface area contributed by atoms with E-state index in [0.29, 0.717) is 0 Å². The Bertz CT molecular complexity index is 482. The molecular weight excluding hydrogens is 269 g/mol. The summed E-state index contributed by atoms with van der Waals surface area (Å²) in [7, 11) is 0. The predicted molar refractivity (Wildman–Crippen MR) is 71.2 cm³/mol. The lowest BCUT2D eigenvalue weighted by Gasteiger charge is -2.00. The molecule has 0 saturated carbocycles. The van der Waals surface area contributed by atoms with E-state index in [2.05, 4.69) is 12.2 Å². The molecule has 1 N–H and O–H groups in total. The highest BCUT2D eigenvalue weighted by molar-refractivity contribution is 6.30. The van der Waals surface area contributed by atoms with Crippen molar-refractivity contribution >= 4 is 11.6 Å². The van der Waals surface area contributed by atoms with Gasteiger partial charge in [-0.05, 0) is 37.2 Å². The van der Waals surface area contributed by atoms with Crippen molar-refractivity contribution in [2.24, 2.45) is 0 Å². The minimum Gasteiger partial charge on any atom is -1.00 e. The fraction of sp³-hybridized carbons (Fsp3) is 0.286. The first-order valence-corrected chi connectivity index (χ1v) is 6.23. The molecule has 0 amide bonds. The Morgan fingerprint density at radius 3 is 2.78 bits per heavy atom. The Labute approximate surface area is 119 Å². The molecule has 2 aromatic rings. The molecule has 0 atom stereocenters. The Kier molecular flexibility index (Phi) is 6.27. The molecule has 18 heavy (non-hydrogen) atoms. The van der Waals surface area contributed by atoms with E-state index in [9.17, 15) is 0 Å². The Hall–Kier alpha value is -0.960. The monoisotopic (exact) mass is 284 g/mol. The molecule has 0 bridgehead atoms. The lowest BCUT2D eigenvalue weighted by atomic mass is 10.2. The van der Waals surface area contributed by atoms with Crippen LogP contribution in [0.1, 0.15) is 19.1 Å². The Morgan fingerprint density at radius 1 is 1.22 bits per heavy atom. The summed E-state index contributed by atoms with van der Waals surface area (Å²) in [5.41, 5.74) is 1.01. The second-order valence-electron chi connectivity index (χ2n) is 3.95. The Morgan fingerprint density at radius 2 is 2.06 bits per heavy atom. The van der Waals surface area contributed by atoms with Gasteiger partial charge in [0.25, 0.3) is 0 Å². The van der Waals surface area contributed by atoms with Crippen LogP contribution in [0, 0.1) is 0 Å². The van der Waals surface area contributed by atoms with Gasteiger partial charge in [0.05, 0.1) is 6.54 Å². The van der Waals surface area contributed by atoms with E-state index in [0.717, 1.165) is 41.6 Å². The van der Waals surface area contributed by atoms with Gasteiger partial charge >= 0.3 is 0 Å². The maximum absolute atomic E-state index is 5.95. The van der Waals surface area contributed by atoms with Gasteiger partial charge in [0, 0.05) is 10.6 Å². The van der Waals surface area contributed by atoms with Gasteiger partial charge in [0.2, 0.25) is 0 Å². The number of halogens is 2. The average Bonchev–Trinajstić information content (AvgIpc) is 2.78. The summed E-state index contributed by atoms with van der Waals surface area (Å²) in [5.74, 6) is 1.81. The van der Waals surface area contributed by atoms with E-state index in [1.165, 1.54) is 0 Å². The van der Waals surface area contributed by atoms with Crippen LogP contribution in [0.2, 0.25) is 5.02 Å². The van der Waals surface area contributed by atoms with Crippen LogP contribution in [0.3, 0.4) is 0 Å². The maximum Gasteiger partial charge on any atom is 0.134 e. The van der Waals surface area contributed by atoms with Crippen LogP contribution < -0.4 is 17.7 Å². The van der Waals surface area contributed by atoms with Gasteiger partial charge in [-0.2, -0.15) is 0 Å². The van der Waals surface area contributed by atoms with Crippen LogP contribution in [-0.4, -0.2) is 6.54 Å². The van der Waals surface area contributed by atoms with Crippen molar-refractivity contribution in [1.82, 2.24) is 5.32 Å². The summed E-state index contributed by atoms with van der Waals surface area (Å²) in [5, 5.41) is 4.03. The van der Waals surface area contributed by atoms with E-state index in [1.807, 2.05) is 36.4 Å². The number of nitrogens with one attached hydrogen (secondary N) is 1. The van der Waals surface area contributed by atoms with Crippen LogP contribution in [-0.2, 0) is 6.54 Å². The van der Waals surface area contributed by atoms with E-state index in [1.54, 1.807) is 0 Å². The van der Waals surface area contributed by atoms with E-state index in [-0.39, 0.29) is 12.4 Å². The summed E-state index contributed by atoms with van der Waals surface area (Å²) in [6.07, 6.45) is 1.13. The predicted octanol–water partition coefficient (Wildman–Crippen LogP) is 1.10. The topological polar surface area (TPSA) is 25.2 Å². The van der Waals surface area contributed by atoms with Crippen molar-refractivity contribution in [3.05, 3.63) is 47.2 Å². The smallest absolute Gasteiger partial charge is 0.134 e. The van der Waals surface area contributed by atoms with Gasteiger partial charge < -0.3 is 22.1 Å². The highest BCUT2D eigenvalue weighted by Gasteiger charge is 2.04. The van der Waals surface area contributed by atoms with Gasteiger partial charge in [0.15, 0.2) is 0 Å². The molecule has 0 saturated heterocycles. The van der Waals surface area contributed by atoms with Gasteiger partial charge in [-0.3, -0.25) is 0 Å². The van der Waals surface area contributed by atoms with Crippen LogP contribution >= 0.6 is 11.6 Å². The first-order chi connectivity index (χ1) is 8.29. The zero-order chi connectivity index (χ0) is 12.1. The number of rotatable bonds is 5. The quantitative estimate of drug-likeness (QED) is 0.832. The fourth-order valence-corrected chi connectivity index (χ4v) is 1.85. The number of hydrogen-bond donors (Lipinski definition) is 1. The summed E-state index contributed by atoms with van der Waals surface area (Å²) < 4.78 is 5.75. The van der Waals surface area contributed by atoms with Crippen LogP contribution in [0.4, 0.5) is 0 Å². The number of hydrogen-bond acceptors (Lipinski definition) is 2. The van der Waals surface area contributed by atoms with Gasteiger partial charge in [-0.15, -0.1) is 0 Å². The molecule has 0 unspecified atom stereocenters. The molecule has 0 radical (unpaired) electrons. The summed E-state index contributed by atoms with van der Waals surface area (Å²) >= 11 is 5.95.